The second kappa shape index (κ2) is 6.97. The number of hydrogen-bond donors (Lipinski definition) is 1. The van der Waals surface area contributed by atoms with Gasteiger partial charge in [0, 0.05) is 28.6 Å². The van der Waals surface area contributed by atoms with Crippen LogP contribution in [0.4, 0.5) is 0 Å². The van der Waals surface area contributed by atoms with Gasteiger partial charge in [-0.25, -0.2) is 9.78 Å². The van der Waals surface area contributed by atoms with Gasteiger partial charge in [-0.1, -0.05) is 22.0 Å². The minimum absolute atomic E-state index is 0.330. The van der Waals surface area contributed by atoms with Crippen LogP contribution in [0.5, 0.6) is 0 Å². The van der Waals surface area contributed by atoms with Gasteiger partial charge in [-0.3, -0.25) is 0 Å². The quantitative estimate of drug-likeness (QED) is 0.837. The van der Waals surface area contributed by atoms with E-state index in [2.05, 4.69) is 26.2 Å². The smallest absolute Gasteiger partial charge is 0.337 e. The van der Waals surface area contributed by atoms with Crippen LogP contribution < -0.4 is 5.32 Å². The fourth-order valence-corrected chi connectivity index (χ4v) is 2.98. The fourth-order valence-electron chi connectivity index (χ4n) is 1.72. The zero-order chi connectivity index (χ0) is 14.5. The maximum Gasteiger partial charge on any atom is 0.337 e. The third kappa shape index (κ3) is 3.88. The number of nitrogens with zero attached hydrogens (tertiary/aromatic N) is 1. The lowest BCUT2D eigenvalue weighted by Gasteiger charge is -2.07. The third-order valence-corrected chi connectivity index (χ3v) is 4.44. The number of hydrogen-bond acceptors (Lipinski definition) is 5. The summed E-state index contributed by atoms with van der Waals surface area (Å²) in [7, 11) is 1.38. The van der Waals surface area contributed by atoms with Crippen LogP contribution >= 0.6 is 27.3 Å². The molecule has 0 fully saturated rings. The number of methoxy groups -OCH3 is 1. The number of ether oxygens (including phenoxy) is 1. The minimum atomic E-state index is -0.330. The monoisotopic (exact) mass is 354 g/mol. The first kappa shape index (κ1) is 15.2. The van der Waals surface area contributed by atoms with E-state index in [1.807, 2.05) is 18.4 Å². The number of carbonyl (C=O) groups is 1. The molecule has 0 saturated carbocycles. The van der Waals surface area contributed by atoms with Crippen molar-refractivity contribution in [2.75, 3.05) is 7.11 Å². The van der Waals surface area contributed by atoms with E-state index in [1.165, 1.54) is 7.11 Å². The number of rotatable bonds is 5. The van der Waals surface area contributed by atoms with Gasteiger partial charge in [0.05, 0.1) is 12.7 Å². The lowest BCUT2D eigenvalue weighted by molar-refractivity contribution is 0.0600. The molecule has 2 aromatic rings. The molecule has 106 valence electrons. The van der Waals surface area contributed by atoms with E-state index in [9.17, 15) is 4.79 Å². The summed E-state index contributed by atoms with van der Waals surface area (Å²) < 4.78 is 5.58. The number of halogens is 1. The number of thiazole rings is 1. The molecule has 0 aliphatic rings. The van der Waals surface area contributed by atoms with Gasteiger partial charge >= 0.3 is 5.97 Å². The molecule has 1 N–H and O–H groups in total. The molecule has 1 aromatic carbocycles. The summed E-state index contributed by atoms with van der Waals surface area (Å²) in [6, 6.07) is 5.45. The molecule has 0 unspecified atom stereocenters. The highest BCUT2D eigenvalue weighted by atomic mass is 79.9. The number of aryl methyl sites for hydroxylation is 1. The second-order valence-corrected chi connectivity index (χ2v) is 6.08. The molecule has 0 atom stereocenters. The Labute approximate surface area is 130 Å². The highest BCUT2D eigenvalue weighted by molar-refractivity contribution is 9.10. The molecule has 0 saturated heterocycles. The topological polar surface area (TPSA) is 51.2 Å². The van der Waals surface area contributed by atoms with Crippen LogP contribution in [0.2, 0.25) is 0 Å². The summed E-state index contributed by atoms with van der Waals surface area (Å²) in [6.07, 6.45) is 0. The number of esters is 1. The van der Waals surface area contributed by atoms with E-state index in [4.69, 9.17) is 4.74 Å². The molecule has 1 heterocycles. The van der Waals surface area contributed by atoms with Crippen LogP contribution in [-0.4, -0.2) is 18.1 Å². The molecule has 6 heteroatoms. The Balaban J connectivity index is 1.94. The number of benzene rings is 1. The second-order valence-electron chi connectivity index (χ2n) is 4.28. The Kier molecular flexibility index (Phi) is 5.28. The van der Waals surface area contributed by atoms with Crippen LogP contribution in [0.3, 0.4) is 0 Å². The van der Waals surface area contributed by atoms with Crippen LogP contribution in [0.25, 0.3) is 0 Å². The molecule has 2 rings (SSSR count). The number of carbonyl (C=O) groups excluding carboxylic acids is 1. The van der Waals surface area contributed by atoms with Crippen molar-refractivity contribution in [3.05, 3.63) is 49.9 Å². The van der Waals surface area contributed by atoms with E-state index >= 15 is 0 Å². The summed E-state index contributed by atoms with van der Waals surface area (Å²) in [5.41, 5.74) is 2.68. The molecule has 1 aromatic heterocycles. The number of nitrogens with one attached hydrogen (secondary N) is 1. The summed E-state index contributed by atoms with van der Waals surface area (Å²) in [5, 5.41) is 6.45. The van der Waals surface area contributed by atoms with Crippen LogP contribution in [-0.2, 0) is 17.8 Å². The van der Waals surface area contributed by atoms with E-state index in [-0.39, 0.29) is 5.97 Å². The molecular weight excluding hydrogens is 340 g/mol. The van der Waals surface area contributed by atoms with Gasteiger partial charge < -0.3 is 10.1 Å². The summed E-state index contributed by atoms with van der Waals surface area (Å²) >= 11 is 5.13. The molecular formula is C14H15BrN2O2S. The molecule has 0 amide bonds. The predicted molar refractivity (Wildman–Crippen MR) is 82.9 cm³/mol. The highest BCUT2D eigenvalue weighted by Crippen LogP contribution is 2.19. The molecule has 0 aliphatic heterocycles. The van der Waals surface area contributed by atoms with Crippen LogP contribution in [0, 0.1) is 6.92 Å². The molecule has 0 radical (unpaired) electrons. The largest absolute Gasteiger partial charge is 0.465 e. The van der Waals surface area contributed by atoms with Gasteiger partial charge in [0.1, 0.15) is 5.01 Å². The molecule has 0 spiro atoms. The standard InChI is InChI=1S/C14H15BrN2O2S/c1-9-8-20-13(17-9)7-16-6-11-4-3-10(5-12(11)15)14(18)19-2/h3-5,8,16H,6-7H2,1-2H3. The Hall–Kier alpha value is -1.24. The average molecular weight is 355 g/mol. The van der Waals surface area contributed by atoms with E-state index in [1.54, 1.807) is 23.5 Å². The fraction of sp³-hybridized carbons (Fsp3) is 0.286. The molecule has 20 heavy (non-hydrogen) atoms. The van der Waals surface area contributed by atoms with Gasteiger partial charge in [0.25, 0.3) is 0 Å². The van der Waals surface area contributed by atoms with Crippen LogP contribution in [0.1, 0.15) is 26.6 Å². The van der Waals surface area contributed by atoms with Crippen LogP contribution in [0.15, 0.2) is 28.1 Å². The maximum absolute atomic E-state index is 11.4. The van der Waals surface area contributed by atoms with Gasteiger partial charge in [-0.05, 0) is 24.6 Å². The molecule has 0 bridgehead atoms. The number of aromatic nitrogens is 1. The lowest BCUT2D eigenvalue weighted by atomic mass is 10.1. The van der Waals surface area contributed by atoms with Crippen molar-refractivity contribution in [1.82, 2.24) is 10.3 Å². The van der Waals surface area contributed by atoms with Gasteiger partial charge in [0.15, 0.2) is 0 Å². The van der Waals surface area contributed by atoms with Crippen molar-refractivity contribution in [2.24, 2.45) is 0 Å². The SMILES string of the molecule is COC(=O)c1ccc(CNCc2nc(C)cs2)c(Br)c1. The minimum Gasteiger partial charge on any atom is -0.465 e. The van der Waals surface area contributed by atoms with Gasteiger partial charge in [0.2, 0.25) is 0 Å². The third-order valence-electron chi connectivity index (χ3n) is 2.73. The van der Waals surface area contributed by atoms with E-state index in [0.29, 0.717) is 12.1 Å². The summed E-state index contributed by atoms with van der Waals surface area (Å²) in [4.78, 5) is 15.8. The van der Waals surface area contributed by atoms with Crippen molar-refractivity contribution in [2.45, 2.75) is 20.0 Å². The Morgan fingerprint density at radius 2 is 2.25 bits per heavy atom. The zero-order valence-electron chi connectivity index (χ0n) is 11.3. The van der Waals surface area contributed by atoms with E-state index in [0.717, 1.165) is 27.3 Å². The first-order chi connectivity index (χ1) is 9.60. The van der Waals surface area contributed by atoms with Crippen molar-refractivity contribution in [1.29, 1.82) is 0 Å². The zero-order valence-corrected chi connectivity index (χ0v) is 13.7. The Morgan fingerprint density at radius 3 is 2.85 bits per heavy atom. The summed E-state index contributed by atoms with van der Waals surface area (Å²) in [5.74, 6) is -0.330. The normalized spacial score (nSPS) is 10.6. The lowest BCUT2D eigenvalue weighted by Crippen LogP contribution is -2.13. The van der Waals surface area contributed by atoms with Crippen molar-refractivity contribution in [3.63, 3.8) is 0 Å². The average Bonchev–Trinajstić information content (AvgIpc) is 2.85. The van der Waals surface area contributed by atoms with Gasteiger partial charge in [-0.2, -0.15) is 0 Å². The Morgan fingerprint density at radius 1 is 1.45 bits per heavy atom. The van der Waals surface area contributed by atoms with Crippen molar-refractivity contribution >= 4 is 33.2 Å². The first-order valence-electron chi connectivity index (χ1n) is 6.08. The van der Waals surface area contributed by atoms with Gasteiger partial charge in [-0.15, -0.1) is 11.3 Å². The predicted octanol–water partition coefficient (Wildman–Crippen LogP) is 3.29. The molecule has 0 aliphatic carbocycles. The first-order valence-corrected chi connectivity index (χ1v) is 7.76. The summed E-state index contributed by atoms with van der Waals surface area (Å²) in [6.45, 7) is 3.44. The van der Waals surface area contributed by atoms with Crippen molar-refractivity contribution in [3.8, 4) is 0 Å². The Bertz CT molecular complexity index is 613. The highest BCUT2D eigenvalue weighted by Gasteiger charge is 2.08. The van der Waals surface area contributed by atoms with E-state index < -0.39 is 0 Å². The van der Waals surface area contributed by atoms with Crippen molar-refractivity contribution < 1.29 is 9.53 Å². The maximum atomic E-state index is 11.4. The molecule has 4 nitrogen and oxygen atoms in total.